The lowest BCUT2D eigenvalue weighted by Crippen LogP contribution is -2.46. The Morgan fingerprint density at radius 1 is 1.12 bits per heavy atom. The van der Waals surface area contributed by atoms with Gasteiger partial charge in [-0.05, 0) is 56.2 Å². The van der Waals surface area contributed by atoms with E-state index in [4.69, 9.17) is 9.47 Å². The second-order valence-corrected chi connectivity index (χ2v) is 8.12. The molecule has 0 aromatic heterocycles. The van der Waals surface area contributed by atoms with Crippen LogP contribution >= 0.6 is 12.4 Å². The van der Waals surface area contributed by atoms with Crippen LogP contribution in [0.3, 0.4) is 0 Å². The Bertz CT molecular complexity index is 573. The fraction of sp³-hybridized carbons (Fsp3) is 0.727. The normalized spacial score (nSPS) is 28.3. The number of unbranched alkanes of at least 4 members (excludes halogenated alkanes) is 1. The standard InChI is InChI=1S/C22H33NO2.ClH/c1-2-3-13-24-17-11-12-20-19(15-17)22-18(10-7-14-25-22)21(23-20)16-8-5-4-6-9-16;/h11-12,15-16,18,21-23H,2-10,13-14H2,1H3;1H/t18-,21+,22-;/m0./s1. The minimum absolute atomic E-state index is 0. The van der Waals surface area contributed by atoms with Gasteiger partial charge in [0.15, 0.2) is 0 Å². The van der Waals surface area contributed by atoms with Crippen LogP contribution in [0, 0.1) is 11.8 Å². The maximum atomic E-state index is 6.31. The second-order valence-electron chi connectivity index (χ2n) is 8.12. The molecule has 1 N–H and O–H groups in total. The molecule has 0 unspecified atom stereocenters. The summed E-state index contributed by atoms with van der Waals surface area (Å²) in [4.78, 5) is 0. The first-order valence-corrected chi connectivity index (χ1v) is 10.5. The molecular formula is C22H34ClNO2. The first-order valence-electron chi connectivity index (χ1n) is 10.5. The zero-order valence-corrected chi connectivity index (χ0v) is 16.9. The number of nitrogens with one attached hydrogen (secondary N) is 1. The summed E-state index contributed by atoms with van der Waals surface area (Å²) in [7, 11) is 0. The van der Waals surface area contributed by atoms with E-state index >= 15 is 0 Å². The summed E-state index contributed by atoms with van der Waals surface area (Å²) in [5.41, 5.74) is 2.60. The van der Waals surface area contributed by atoms with Crippen molar-refractivity contribution in [3.8, 4) is 5.75 Å². The number of ether oxygens (including phenoxy) is 2. The maximum absolute atomic E-state index is 6.31. The Morgan fingerprint density at radius 2 is 1.96 bits per heavy atom. The third-order valence-corrected chi connectivity index (χ3v) is 6.41. The molecule has 1 saturated heterocycles. The van der Waals surface area contributed by atoms with Crippen LogP contribution in [0.1, 0.15) is 76.4 Å². The van der Waals surface area contributed by atoms with Gasteiger partial charge in [0.2, 0.25) is 0 Å². The van der Waals surface area contributed by atoms with E-state index in [0.717, 1.165) is 31.3 Å². The van der Waals surface area contributed by atoms with E-state index in [1.807, 2.05) is 0 Å². The van der Waals surface area contributed by atoms with Gasteiger partial charge in [-0.25, -0.2) is 0 Å². The predicted molar refractivity (Wildman–Crippen MR) is 109 cm³/mol. The molecule has 146 valence electrons. The second kappa shape index (κ2) is 9.32. The first-order chi connectivity index (χ1) is 12.4. The third-order valence-electron chi connectivity index (χ3n) is 6.41. The van der Waals surface area contributed by atoms with Crippen molar-refractivity contribution in [3.05, 3.63) is 23.8 Å². The number of halogens is 1. The average Bonchev–Trinajstić information content (AvgIpc) is 2.68. The van der Waals surface area contributed by atoms with Crippen LogP contribution in [0.15, 0.2) is 18.2 Å². The van der Waals surface area contributed by atoms with Gasteiger partial charge in [0.25, 0.3) is 0 Å². The minimum Gasteiger partial charge on any atom is -0.494 e. The summed E-state index contributed by atoms with van der Waals surface area (Å²) in [5.74, 6) is 2.44. The Morgan fingerprint density at radius 3 is 2.77 bits per heavy atom. The minimum atomic E-state index is 0. The molecule has 0 bridgehead atoms. The molecule has 3 atom stereocenters. The topological polar surface area (TPSA) is 30.5 Å². The summed E-state index contributed by atoms with van der Waals surface area (Å²) in [6, 6.07) is 7.17. The smallest absolute Gasteiger partial charge is 0.119 e. The molecule has 0 radical (unpaired) electrons. The predicted octanol–water partition coefficient (Wildman–Crippen LogP) is 6.13. The number of fused-ring (bicyclic) bond motifs is 3. The van der Waals surface area contributed by atoms with Crippen molar-refractivity contribution in [2.45, 2.75) is 76.9 Å². The quantitative estimate of drug-likeness (QED) is 0.624. The lowest BCUT2D eigenvalue weighted by Gasteiger charge is -2.47. The van der Waals surface area contributed by atoms with Gasteiger partial charge in [-0.15, -0.1) is 12.4 Å². The Balaban J connectivity index is 0.00000196. The highest BCUT2D eigenvalue weighted by Gasteiger charge is 2.42. The number of anilines is 1. The molecule has 3 aliphatic rings. The zero-order valence-electron chi connectivity index (χ0n) is 16.0. The van der Waals surface area contributed by atoms with Crippen molar-refractivity contribution in [2.24, 2.45) is 11.8 Å². The number of benzene rings is 1. The Hall–Kier alpha value is -0.930. The van der Waals surface area contributed by atoms with E-state index < -0.39 is 0 Å². The van der Waals surface area contributed by atoms with Crippen LogP contribution < -0.4 is 10.1 Å². The summed E-state index contributed by atoms with van der Waals surface area (Å²) >= 11 is 0. The van der Waals surface area contributed by atoms with E-state index in [-0.39, 0.29) is 18.5 Å². The molecule has 1 aromatic carbocycles. The average molecular weight is 380 g/mol. The summed E-state index contributed by atoms with van der Waals surface area (Å²) in [6.45, 7) is 3.91. The van der Waals surface area contributed by atoms with Gasteiger partial charge in [0, 0.05) is 29.8 Å². The highest BCUT2D eigenvalue weighted by Crippen LogP contribution is 2.48. The van der Waals surface area contributed by atoms with E-state index in [1.54, 1.807) is 0 Å². The molecule has 2 fully saturated rings. The van der Waals surface area contributed by atoms with Crippen LogP contribution in [0.5, 0.6) is 5.75 Å². The monoisotopic (exact) mass is 379 g/mol. The highest BCUT2D eigenvalue weighted by atomic mass is 35.5. The third kappa shape index (κ3) is 4.14. The number of hydrogen-bond donors (Lipinski definition) is 1. The van der Waals surface area contributed by atoms with Crippen LogP contribution in [-0.2, 0) is 4.74 Å². The lowest BCUT2D eigenvalue weighted by atomic mass is 9.71. The molecule has 3 nitrogen and oxygen atoms in total. The highest BCUT2D eigenvalue weighted by molar-refractivity contribution is 5.85. The fourth-order valence-electron chi connectivity index (χ4n) is 5.07. The van der Waals surface area contributed by atoms with E-state index in [2.05, 4.69) is 30.4 Å². The summed E-state index contributed by atoms with van der Waals surface area (Å²) in [6.07, 6.45) is 12.0. The number of hydrogen-bond acceptors (Lipinski definition) is 3. The molecular weight excluding hydrogens is 346 g/mol. The Labute approximate surface area is 164 Å². The van der Waals surface area contributed by atoms with Crippen LogP contribution in [-0.4, -0.2) is 19.3 Å². The molecule has 4 heteroatoms. The van der Waals surface area contributed by atoms with Crippen molar-refractivity contribution < 1.29 is 9.47 Å². The largest absolute Gasteiger partial charge is 0.494 e. The van der Waals surface area contributed by atoms with Crippen LogP contribution in [0.25, 0.3) is 0 Å². The maximum Gasteiger partial charge on any atom is 0.119 e. The molecule has 1 aromatic rings. The van der Waals surface area contributed by atoms with Gasteiger partial charge in [0.1, 0.15) is 5.75 Å². The van der Waals surface area contributed by atoms with Gasteiger partial charge in [-0.1, -0.05) is 32.6 Å². The van der Waals surface area contributed by atoms with Crippen LogP contribution in [0.2, 0.25) is 0 Å². The molecule has 1 saturated carbocycles. The van der Waals surface area contributed by atoms with Gasteiger partial charge in [-0.3, -0.25) is 0 Å². The molecule has 0 spiro atoms. The SMILES string of the molecule is CCCCOc1ccc2c(c1)[C@H]1OCCC[C@H]1[C@@H](C1CCCCC1)N2.Cl. The van der Waals surface area contributed by atoms with E-state index in [0.29, 0.717) is 12.0 Å². The van der Waals surface area contributed by atoms with Crippen molar-refractivity contribution in [3.63, 3.8) is 0 Å². The molecule has 26 heavy (non-hydrogen) atoms. The summed E-state index contributed by atoms with van der Waals surface area (Å²) in [5, 5.41) is 3.92. The number of rotatable bonds is 5. The Kier molecular flexibility index (Phi) is 7.11. The summed E-state index contributed by atoms with van der Waals surface area (Å²) < 4.78 is 12.3. The van der Waals surface area contributed by atoms with Gasteiger partial charge >= 0.3 is 0 Å². The fourth-order valence-corrected chi connectivity index (χ4v) is 5.07. The van der Waals surface area contributed by atoms with Crippen molar-refractivity contribution >= 4 is 18.1 Å². The molecule has 2 heterocycles. The van der Waals surface area contributed by atoms with Gasteiger partial charge < -0.3 is 14.8 Å². The zero-order chi connectivity index (χ0) is 17.1. The molecule has 4 rings (SSSR count). The van der Waals surface area contributed by atoms with Gasteiger partial charge in [0.05, 0.1) is 12.7 Å². The van der Waals surface area contributed by atoms with Crippen molar-refractivity contribution in [2.75, 3.05) is 18.5 Å². The van der Waals surface area contributed by atoms with E-state index in [9.17, 15) is 0 Å². The van der Waals surface area contributed by atoms with E-state index in [1.165, 1.54) is 62.6 Å². The van der Waals surface area contributed by atoms with Gasteiger partial charge in [-0.2, -0.15) is 0 Å². The lowest BCUT2D eigenvalue weighted by molar-refractivity contribution is -0.0459. The molecule has 2 aliphatic heterocycles. The van der Waals surface area contributed by atoms with Crippen molar-refractivity contribution in [1.82, 2.24) is 0 Å². The molecule has 0 amide bonds. The first kappa shape index (κ1) is 19.8. The van der Waals surface area contributed by atoms with Crippen LogP contribution in [0.4, 0.5) is 5.69 Å². The van der Waals surface area contributed by atoms with Crippen molar-refractivity contribution in [1.29, 1.82) is 0 Å². The molecule has 1 aliphatic carbocycles.